The Labute approximate surface area is 103 Å². The second kappa shape index (κ2) is 5.75. The van der Waals surface area contributed by atoms with Crippen LogP contribution in [0.5, 0.6) is 0 Å². The molecular weight excluding hydrogens is 272 g/mol. The van der Waals surface area contributed by atoms with Crippen molar-refractivity contribution in [3.8, 4) is 0 Å². The summed E-state index contributed by atoms with van der Waals surface area (Å²) < 4.78 is 3.89. The topological polar surface area (TPSA) is 25.8 Å². The van der Waals surface area contributed by atoms with Crippen LogP contribution in [0.1, 0.15) is 37.8 Å². The molecule has 1 fully saturated rings. The standard InChI is InChI=1S/C11H15BrN2S/c12-7-10(6-11-8-15-14-13-11)9-4-2-1-3-5-9/h6,8-9H,1-5,7H2/b10-6-. The summed E-state index contributed by atoms with van der Waals surface area (Å²) in [6.45, 7) is 0. The van der Waals surface area contributed by atoms with Crippen LogP contribution in [-0.4, -0.2) is 14.9 Å². The predicted octanol–water partition coefficient (Wildman–Crippen LogP) is 3.90. The van der Waals surface area contributed by atoms with E-state index in [0.717, 1.165) is 16.9 Å². The average molecular weight is 287 g/mol. The molecule has 1 saturated carbocycles. The number of rotatable bonds is 3. The largest absolute Gasteiger partial charge is 0.139 e. The van der Waals surface area contributed by atoms with Gasteiger partial charge < -0.3 is 0 Å². The van der Waals surface area contributed by atoms with Crippen LogP contribution in [0.4, 0.5) is 0 Å². The highest BCUT2D eigenvalue weighted by atomic mass is 79.9. The van der Waals surface area contributed by atoms with Gasteiger partial charge in [-0.25, -0.2) is 0 Å². The van der Waals surface area contributed by atoms with Crippen LogP contribution >= 0.6 is 27.5 Å². The maximum atomic E-state index is 4.07. The molecule has 1 aliphatic carbocycles. The van der Waals surface area contributed by atoms with Crippen LogP contribution in [0.25, 0.3) is 6.08 Å². The first kappa shape index (κ1) is 11.3. The highest BCUT2D eigenvalue weighted by Gasteiger charge is 2.17. The van der Waals surface area contributed by atoms with E-state index in [1.165, 1.54) is 49.2 Å². The summed E-state index contributed by atoms with van der Waals surface area (Å²) in [5.41, 5.74) is 2.50. The van der Waals surface area contributed by atoms with Gasteiger partial charge in [0.25, 0.3) is 0 Å². The highest BCUT2D eigenvalue weighted by molar-refractivity contribution is 9.09. The third kappa shape index (κ3) is 3.11. The summed E-state index contributed by atoms with van der Waals surface area (Å²) >= 11 is 5.00. The van der Waals surface area contributed by atoms with E-state index in [1.807, 2.05) is 5.38 Å². The maximum Gasteiger partial charge on any atom is 0.0981 e. The van der Waals surface area contributed by atoms with E-state index in [0.29, 0.717) is 0 Å². The minimum Gasteiger partial charge on any atom is -0.139 e. The van der Waals surface area contributed by atoms with Gasteiger partial charge in [-0.3, -0.25) is 0 Å². The van der Waals surface area contributed by atoms with E-state index in [1.54, 1.807) is 0 Å². The minimum atomic E-state index is 0.764. The first-order chi connectivity index (χ1) is 7.40. The van der Waals surface area contributed by atoms with Gasteiger partial charge in [0.15, 0.2) is 0 Å². The number of halogens is 1. The van der Waals surface area contributed by atoms with Gasteiger partial charge in [0.1, 0.15) is 0 Å². The molecule has 1 aromatic rings. The molecule has 1 aromatic heterocycles. The van der Waals surface area contributed by atoms with Crippen LogP contribution < -0.4 is 0 Å². The molecule has 0 unspecified atom stereocenters. The lowest BCUT2D eigenvalue weighted by molar-refractivity contribution is 0.405. The van der Waals surface area contributed by atoms with Crippen molar-refractivity contribution in [2.45, 2.75) is 32.1 Å². The summed E-state index contributed by atoms with van der Waals surface area (Å²) in [6.07, 6.45) is 9.05. The van der Waals surface area contributed by atoms with Crippen LogP contribution in [0.15, 0.2) is 11.0 Å². The molecule has 2 rings (SSSR count). The van der Waals surface area contributed by atoms with Crippen LogP contribution in [0.3, 0.4) is 0 Å². The molecule has 0 spiro atoms. The SMILES string of the molecule is BrC/C(=C/c1csnn1)C1CCCCC1. The molecule has 4 heteroatoms. The third-order valence-corrected chi connectivity index (χ3v) is 4.16. The summed E-state index contributed by atoms with van der Waals surface area (Å²) in [7, 11) is 0. The molecule has 0 bridgehead atoms. The molecule has 1 heterocycles. The minimum absolute atomic E-state index is 0.764. The third-order valence-electron chi connectivity index (χ3n) is 2.99. The van der Waals surface area contributed by atoms with Crippen molar-refractivity contribution in [2.24, 2.45) is 5.92 Å². The molecular formula is C11H15BrN2S. The molecule has 2 nitrogen and oxygen atoms in total. The van der Waals surface area contributed by atoms with Crippen molar-refractivity contribution in [1.29, 1.82) is 0 Å². The number of aromatic nitrogens is 2. The Morgan fingerprint density at radius 3 is 2.87 bits per heavy atom. The Bertz CT molecular complexity index is 315. The molecule has 0 atom stereocenters. The number of nitrogens with zero attached hydrogens (tertiary/aromatic N) is 2. The Morgan fingerprint density at radius 1 is 1.47 bits per heavy atom. The van der Waals surface area contributed by atoms with Gasteiger partial charge in [-0.05, 0) is 36.4 Å². The molecule has 0 saturated heterocycles. The zero-order valence-electron chi connectivity index (χ0n) is 8.66. The zero-order chi connectivity index (χ0) is 10.5. The molecule has 82 valence electrons. The first-order valence-corrected chi connectivity index (χ1v) is 7.39. The van der Waals surface area contributed by atoms with Gasteiger partial charge in [-0.15, -0.1) is 5.10 Å². The van der Waals surface area contributed by atoms with Gasteiger partial charge in [0, 0.05) is 10.7 Å². The lowest BCUT2D eigenvalue weighted by Gasteiger charge is -2.23. The normalized spacial score (nSPS) is 19.4. The number of hydrogen-bond donors (Lipinski definition) is 0. The van der Waals surface area contributed by atoms with Gasteiger partial charge in [-0.2, -0.15) is 0 Å². The molecule has 0 aliphatic heterocycles. The van der Waals surface area contributed by atoms with Crippen molar-refractivity contribution >= 4 is 33.5 Å². The van der Waals surface area contributed by atoms with E-state index < -0.39 is 0 Å². The fourth-order valence-corrected chi connectivity index (χ4v) is 3.20. The highest BCUT2D eigenvalue weighted by Crippen LogP contribution is 2.31. The smallest absolute Gasteiger partial charge is 0.0981 e. The van der Waals surface area contributed by atoms with Gasteiger partial charge in [0.2, 0.25) is 0 Å². The first-order valence-electron chi connectivity index (χ1n) is 5.43. The Kier molecular flexibility index (Phi) is 4.32. The molecule has 15 heavy (non-hydrogen) atoms. The van der Waals surface area contributed by atoms with E-state index in [9.17, 15) is 0 Å². The average Bonchev–Trinajstić information content (AvgIpc) is 2.80. The van der Waals surface area contributed by atoms with Gasteiger partial charge >= 0.3 is 0 Å². The van der Waals surface area contributed by atoms with E-state index in [2.05, 4.69) is 31.6 Å². The molecule has 1 aliphatic rings. The van der Waals surface area contributed by atoms with Gasteiger partial charge in [-0.1, -0.05) is 45.3 Å². The van der Waals surface area contributed by atoms with Crippen molar-refractivity contribution in [1.82, 2.24) is 9.59 Å². The van der Waals surface area contributed by atoms with E-state index >= 15 is 0 Å². The molecule has 0 aromatic carbocycles. The number of allylic oxidation sites excluding steroid dienone is 1. The summed E-state index contributed by atoms with van der Waals surface area (Å²) in [5.74, 6) is 0.764. The summed E-state index contributed by atoms with van der Waals surface area (Å²) in [6, 6.07) is 0. The molecule has 0 radical (unpaired) electrons. The van der Waals surface area contributed by atoms with E-state index in [-0.39, 0.29) is 0 Å². The second-order valence-corrected chi connectivity index (χ2v) is 5.19. The Hall–Kier alpha value is -0.220. The maximum absolute atomic E-state index is 4.07. The van der Waals surface area contributed by atoms with Crippen molar-refractivity contribution < 1.29 is 0 Å². The quantitative estimate of drug-likeness (QED) is 0.788. The molecule has 0 amide bonds. The van der Waals surface area contributed by atoms with Crippen LogP contribution in [-0.2, 0) is 0 Å². The summed E-state index contributed by atoms with van der Waals surface area (Å²) in [5, 5.41) is 7.04. The number of alkyl halides is 1. The molecule has 0 N–H and O–H groups in total. The fourth-order valence-electron chi connectivity index (χ4n) is 2.16. The van der Waals surface area contributed by atoms with E-state index in [4.69, 9.17) is 0 Å². The second-order valence-electron chi connectivity index (χ2n) is 4.02. The Balaban J connectivity index is 2.08. The van der Waals surface area contributed by atoms with Crippen molar-refractivity contribution in [3.05, 3.63) is 16.6 Å². The van der Waals surface area contributed by atoms with Crippen molar-refractivity contribution in [3.63, 3.8) is 0 Å². The van der Waals surface area contributed by atoms with Crippen molar-refractivity contribution in [2.75, 3.05) is 5.33 Å². The lowest BCUT2D eigenvalue weighted by Crippen LogP contribution is -2.10. The zero-order valence-corrected chi connectivity index (χ0v) is 11.1. The monoisotopic (exact) mass is 286 g/mol. The fraction of sp³-hybridized carbons (Fsp3) is 0.636. The van der Waals surface area contributed by atoms with Crippen LogP contribution in [0.2, 0.25) is 0 Å². The Morgan fingerprint density at radius 2 is 2.27 bits per heavy atom. The lowest BCUT2D eigenvalue weighted by atomic mass is 9.84. The predicted molar refractivity (Wildman–Crippen MR) is 68.3 cm³/mol. The summed E-state index contributed by atoms with van der Waals surface area (Å²) in [4.78, 5) is 0. The van der Waals surface area contributed by atoms with Crippen LogP contribution in [0, 0.1) is 5.92 Å². The number of hydrogen-bond acceptors (Lipinski definition) is 3. The van der Waals surface area contributed by atoms with Gasteiger partial charge in [0.05, 0.1) is 5.69 Å².